The number of piperidine rings is 1. The van der Waals surface area contributed by atoms with E-state index in [2.05, 4.69) is 32.0 Å². The summed E-state index contributed by atoms with van der Waals surface area (Å²) < 4.78 is 0. The first-order chi connectivity index (χ1) is 9.49. The van der Waals surface area contributed by atoms with E-state index in [1.54, 1.807) is 0 Å². The number of benzene rings is 1. The van der Waals surface area contributed by atoms with Crippen molar-refractivity contribution < 1.29 is 4.79 Å². The van der Waals surface area contributed by atoms with E-state index in [9.17, 15) is 4.79 Å². The number of carbonyl (C=O) groups excluding carboxylic acids is 1. The Hall–Kier alpha value is -1.35. The molecule has 1 heterocycles. The molecule has 0 bridgehead atoms. The SMILES string of the molecule is Cc1ccc(CC(=O)N2CCCCC2C(C)N)cc1C. The smallest absolute Gasteiger partial charge is 0.227 e. The third-order valence-electron chi connectivity index (χ3n) is 4.40. The summed E-state index contributed by atoms with van der Waals surface area (Å²) in [5.41, 5.74) is 9.66. The summed E-state index contributed by atoms with van der Waals surface area (Å²) in [5, 5.41) is 0. The third-order valence-corrected chi connectivity index (χ3v) is 4.40. The second kappa shape index (κ2) is 6.40. The number of carbonyl (C=O) groups is 1. The lowest BCUT2D eigenvalue weighted by Gasteiger charge is -2.38. The van der Waals surface area contributed by atoms with Crippen LogP contribution in [0.5, 0.6) is 0 Å². The Morgan fingerprint density at radius 2 is 2.10 bits per heavy atom. The monoisotopic (exact) mass is 274 g/mol. The zero-order chi connectivity index (χ0) is 14.7. The Morgan fingerprint density at radius 3 is 2.75 bits per heavy atom. The fourth-order valence-electron chi connectivity index (χ4n) is 3.00. The molecule has 0 spiro atoms. The standard InChI is InChI=1S/C17H26N2O/c1-12-7-8-15(10-13(12)2)11-17(20)19-9-5-4-6-16(19)14(3)18/h7-8,10,14,16H,4-6,9,11,18H2,1-3H3. The molecule has 1 fully saturated rings. The number of rotatable bonds is 3. The highest BCUT2D eigenvalue weighted by Gasteiger charge is 2.28. The van der Waals surface area contributed by atoms with Crippen LogP contribution in [0.2, 0.25) is 0 Å². The summed E-state index contributed by atoms with van der Waals surface area (Å²) in [6.07, 6.45) is 3.81. The molecular formula is C17H26N2O. The van der Waals surface area contributed by atoms with Gasteiger partial charge in [0.15, 0.2) is 0 Å². The molecule has 1 aromatic carbocycles. The third kappa shape index (κ3) is 3.40. The predicted octanol–water partition coefficient (Wildman–Crippen LogP) is 2.57. The Balaban J connectivity index is 2.07. The van der Waals surface area contributed by atoms with E-state index in [1.807, 2.05) is 11.8 Å². The fourth-order valence-corrected chi connectivity index (χ4v) is 3.00. The maximum atomic E-state index is 12.5. The molecule has 0 aliphatic carbocycles. The van der Waals surface area contributed by atoms with Crippen LogP contribution < -0.4 is 5.73 Å². The fraction of sp³-hybridized carbons (Fsp3) is 0.588. The molecule has 1 aliphatic rings. The number of likely N-dealkylation sites (tertiary alicyclic amines) is 1. The molecule has 110 valence electrons. The van der Waals surface area contributed by atoms with Crippen molar-refractivity contribution in [1.29, 1.82) is 0 Å². The van der Waals surface area contributed by atoms with Crippen LogP contribution in [0.15, 0.2) is 18.2 Å². The van der Waals surface area contributed by atoms with Crippen molar-refractivity contribution in [2.45, 2.75) is 58.5 Å². The first-order valence-corrected chi connectivity index (χ1v) is 7.60. The summed E-state index contributed by atoms with van der Waals surface area (Å²) in [6.45, 7) is 7.05. The Morgan fingerprint density at radius 1 is 1.35 bits per heavy atom. The summed E-state index contributed by atoms with van der Waals surface area (Å²) in [4.78, 5) is 14.6. The average molecular weight is 274 g/mol. The second-order valence-corrected chi connectivity index (χ2v) is 6.10. The Kier molecular flexibility index (Phi) is 4.81. The maximum Gasteiger partial charge on any atom is 0.227 e. The molecule has 0 radical (unpaired) electrons. The quantitative estimate of drug-likeness (QED) is 0.921. The minimum Gasteiger partial charge on any atom is -0.338 e. The van der Waals surface area contributed by atoms with E-state index < -0.39 is 0 Å². The maximum absolute atomic E-state index is 12.5. The van der Waals surface area contributed by atoms with E-state index in [1.165, 1.54) is 17.5 Å². The molecule has 1 amide bonds. The minimum atomic E-state index is 0.0546. The van der Waals surface area contributed by atoms with Crippen molar-refractivity contribution in [3.63, 3.8) is 0 Å². The lowest BCUT2D eigenvalue weighted by molar-refractivity contribution is -0.134. The van der Waals surface area contributed by atoms with Gasteiger partial charge in [0.2, 0.25) is 5.91 Å². The largest absolute Gasteiger partial charge is 0.338 e. The number of nitrogens with two attached hydrogens (primary N) is 1. The lowest BCUT2D eigenvalue weighted by Crippen LogP contribution is -2.52. The topological polar surface area (TPSA) is 46.3 Å². The van der Waals surface area contributed by atoms with Crippen molar-refractivity contribution in [3.05, 3.63) is 34.9 Å². The van der Waals surface area contributed by atoms with Crippen LogP contribution in [0.3, 0.4) is 0 Å². The van der Waals surface area contributed by atoms with Crippen LogP contribution in [0.1, 0.15) is 42.9 Å². The van der Waals surface area contributed by atoms with E-state index in [4.69, 9.17) is 5.73 Å². The van der Waals surface area contributed by atoms with Gasteiger partial charge in [0.25, 0.3) is 0 Å². The molecule has 1 saturated heterocycles. The molecule has 2 atom stereocenters. The lowest BCUT2D eigenvalue weighted by atomic mass is 9.95. The van der Waals surface area contributed by atoms with Crippen molar-refractivity contribution >= 4 is 5.91 Å². The van der Waals surface area contributed by atoms with Crippen LogP contribution in [-0.4, -0.2) is 29.4 Å². The molecule has 3 heteroatoms. The number of hydrogen-bond donors (Lipinski definition) is 1. The van der Waals surface area contributed by atoms with Gasteiger partial charge in [-0.05, 0) is 56.7 Å². The summed E-state index contributed by atoms with van der Waals surface area (Å²) in [5.74, 6) is 0.218. The van der Waals surface area contributed by atoms with Gasteiger partial charge in [0.1, 0.15) is 0 Å². The molecule has 1 aliphatic heterocycles. The zero-order valence-electron chi connectivity index (χ0n) is 12.9. The summed E-state index contributed by atoms with van der Waals surface area (Å²) in [7, 11) is 0. The second-order valence-electron chi connectivity index (χ2n) is 6.10. The number of amides is 1. The van der Waals surface area contributed by atoms with Crippen LogP contribution in [0, 0.1) is 13.8 Å². The van der Waals surface area contributed by atoms with Crippen molar-refractivity contribution in [2.24, 2.45) is 5.73 Å². The molecule has 2 N–H and O–H groups in total. The molecule has 20 heavy (non-hydrogen) atoms. The van der Waals surface area contributed by atoms with Crippen molar-refractivity contribution in [2.75, 3.05) is 6.54 Å². The van der Waals surface area contributed by atoms with Crippen LogP contribution in [0.25, 0.3) is 0 Å². The van der Waals surface area contributed by atoms with Crippen LogP contribution in [0.4, 0.5) is 0 Å². The van der Waals surface area contributed by atoms with Gasteiger partial charge in [-0.3, -0.25) is 4.79 Å². The van der Waals surface area contributed by atoms with E-state index in [0.717, 1.165) is 24.9 Å². The average Bonchev–Trinajstić information content (AvgIpc) is 2.43. The van der Waals surface area contributed by atoms with Gasteiger partial charge in [-0.15, -0.1) is 0 Å². The van der Waals surface area contributed by atoms with Crippen molar-refractivity contribution in [3.8, 4) is 0 Å². The van der Waals surface area contributed by atoms with E-state index in [0.29, 0.717) is 6.42 Å². The molecule has 2 unspecified atom stereocenters. The normalized spacial score (nSPS) is 20.8. The summed E-state index contributed by atoms with van der Waals surface area (Å²) in [6, 6.07) is 6.54. The molecule has 3 nitrogen and oxygen atoms in total. The minimum absolute atomic E-state index is 0.0546. The van der Waals surface area contributed by atoms with E-state index >= 15 is 0 Å². The van der Waals surface area contributed by atoms with Gasteiger partial charge in [-0.2, -0.15) is 0 Å². The highest BCUT2D eigenvalue weighted by Crippen LogP contribution is 2.20. The van der Waals surface area contributed by atoms with Gasteiger partial charge in [0, 0.05) is 18.6 Å². The van der Waals surface area contributed by atoms with Gasteiger partial charge in [-0.25, -0.2) is 0 Å². The van der Waals surface area contributed by atoms with Gasteiger partial charge < -0.3 is 10.6 Å². The zero-order valence-corrected chi connectivity index (χ0v) is 12.9. The number of hydrogen-bond acceptors (Lipinski definition) is 2. The van der Waals surface area contributed by atoms with Gasteiger partial charge in [0.05, 0.1) is 6.42 Å². The highest BCUT2D eigenvalue weighted by atomic mass is 16.2. The molecule has 2 rings (SSSR count). The Bertz CT molecular complexity index is 482. The highest BCUT2D eigenvalue weighted by molar-refractivity contribution is 5.79. The Labute approximate surface area is 122 Å². The van der Waals surface area contributed by atoms with Crippen LogP contribution >= 0.6 is 0 Å². The van der Waals surface area contributed by atoms with E-state index in [-0.39, 0.29) is 18.0 Å². The number of aryl methyl sites for hydroxylation is 2. The molecule has 0 aromatic heterocycles. The van der Waals surface area contributed by atoms with Gasteiger partial charge >= 0.3 is 0 Å². The summed E-state index contributed by atoms with van der Waals surface area (Å²) >= 11 is 0. The first-order valence-electron chi connectivity index (χ1n) is 7.60. The molecule has 1 aromatic rings. The van der Waals surface area contributed by atoms with Crippen LogP contribution in [-0.2, 0) is 11.2 Å². The number of nitrogens with zero attached hydrogens (tertiary/aromatic N) is 1. The predicted molar refractivity (Wildman–Crippen MR) is 82.6 cm³/mol. The first kappa shape index (κ1) is 15.0. The van der Waals surface area contributed by atoms with Gasteiger partial charge in [-0.1, -0.05) is 18.2 Å². The van der Waals surface area contributed by atoms with Crippen molar-refractivity contribution in [1.82, 2.24) is 4.90 Å². The molecular weight excluding hydrogens is 248 g/mol. The molecule has 0 saturated carbocycles.